The Balaban J connectivity index is 1.52. The summed E-state index contributed by atoms with van der Waals surface area (Å²) >= 11 is 0. The van der Waals surface area contributed by atoms with Crippen LogP contribution >= 0.6 is 0 Å². The number of benzene rings is 1. The maximum atomic E-state index is 10.6. The van der Waals surface area contributed by atoms with Crippen molar-refractivity contribution >= 4 is 11.5 Å². The summed E-state index contributed by atoms with van der Waals surface area (Å²) in [6.07, 6.45) is 2.06. The number of aromatic nitrogens is 1. The van der Waals surface area contributed by atoms with Gasteiger partial charge in [0.1, 0.15) is 12.0 Å². The minimum absolute atomic E-state index is 0.365. The quantitative estimate of drug-likeness (QED) is 0.790. The highest BCUT2D eigenvalue weighted by molar-refractivity contribution is 5.68. The van der Waals surface area contributed by atoms with Crippen LogP contribution in [-0.4, -0.2) is 39.8 Å². The molecule has 114 valence electrons. The topological polar surface area (TPSA) is 60.4 Å². The van der Waals surface area contributed by atoms with Crippen LogP contribution in [0.2, 0.25) is 0 Å². The van der Waals surface area contributed by atoms with Crippen LogP contribution in [0.1, 0.15) is 12.0 Å². The lowest BCUT2D eigenvalue weighted by molar-refractivity contribution is 0.119. The van der Waals surface area contributed by atoms with Crippen LogP contribution < -0.4 is 10.6 Å². The van der Waals surface area contributed by atoms with Crippen LogP contribution in [0.3, 0.4) is 0 Å². The predicted molar refractivity (Wildman–Crippen MR) is 86.6 cm³/mol. The Morgan fingerprint density at radius 1 is 1.23 bits per heavy atom. The lowest BCUT2D eigenvalue weighted by atomic mass is 9.93. The summed E-state index contributed by atoms with van der Waals surface area (Å²) in [5.41, 5.74) is 1.80. The summed E-state index contributed by atoms with van der Waals surface area (Å²) in [4.78, 5) is 6.75. The van der Waals surface area contributed by atoms with E-state index in [-0.39, 0.29) is 5.54 Å². The van der Waals surface area contributed by atoms with Gasteiger partial charge in [0.25, 0.3) is 0 Å². The van der Waals surface area contributed by atoms with E-state index in [1.165, 1.54) is 5.56 Å². The van der Waals surface area contributed by atoms with E-state index in [0.717, 1.165) is 37.6 Å². The fourth-order valence-electron chi connectivity index (χ4n) is 3.43. The first-order chi connectivity index (χ1) is 10.8. The molecule has 0 amide bonds. The number of anilines is 2. The molecule has 0 bridgehead atoms. The normalized spacial score (nSPS) is 27.2. The van der Waals surface area contributed by atoms with Gasteiger partial charge in [0.05, 0.1) is 11.2 Å². The third-order valence-corrected chi connectivity index (χ3v) is 4.62. The lowest BCUT2D eigenvalue weighted by Crippen LogP contribution is -2.57. The van der Waals surface area contributed by atoms with Crippen molar-refractivity contribution in [2.75, 3.05) is 23.7 Å². The van der Waals surface area contributed by atoms with Crippen molar-refractivity contribution in [2.45, 2.75) is 24.7 Å². The summed E-state index contributed by atoms with van der Waals surface area (Å²) in [6, 6.07) is 14.3. The van der Waals surface area contributed by atoms with E-state index in [0.29, 0.717) is 0 Å². The van der Waals surface area contributed by atoms with Crippen LogP contribution in [-0.2, 0) is 6.54 Å². The number of nitrogens with one attached hydrogen (secondary N) is 2. The monoisotopic (exact) mass is 296 g/mol. The number of rotatable bonds is 2. The molecule has 22 heavy (non-hydrogen) atoms. The maximum Gasteiger partial charge on any atom is 0.150 e. The second-order valence-corrected chi connectivity index (χ2v) is 6.17. The van der Waals surface area contributed by atoms with Gasteiger partial charge in [-0.15, -0.1) is 0 Å². The average Bonchev–Trinajstić information content (AvgIpc) is 2.93. The molecule has 1 fully saturated rings. The minimum Gasteiger partial charge on any atom is -0.371 e. The van der Waals surface area contributed by atoms with Gasteiger partial charge in [-0.05, 0) is 24.1 Å². The van der Waals surface area contributed by atoms with Crippen LogP contribution in [0.4, 0.5) is 11.5 Å². The molecule has 5 heteroatoms. The zero-order chi connectivity index (χ0) is 15.0. The van der Waals surface area contributed by atoms with E-state index in [9.17, 15) is 5.11 Å². The molecule has 1 aromatic heterocycles. The van der Waals surface area contributed by atoms with Crippen molar-refractivity contribution in [2.24, 2.45) is 0 Å². The Labute approximate surface area is 130 Å². The largest absolute Gasteiger partial charge is 0.371 e. The van der Waals surface area contributed by atoms with Crippen LogP contribution in [0.5, 0.6) is 0 Å². The molecule has 0 aliphatic carbocycles. The lowest BCUT2D eigenvalue weighted by Gasteiger charge is -2.41. The van der Waals surface area contributed by atoms with E-state index in [4.69, 9.17) is 0 Å². The number of aliphatic hydroxyl groups excluding tert-OH is 1. The number of likely N-dealkylation sites (tertiary alicyclic amines) is 1. The molecule has 3 heterocycles. The zero-order valence-corrected chi connectivity index (χ0v) is 12.4. The summed E-state index contributed by atoms with van der Waals surface area (Å²) in [6.45, 7) is 2.67. The van der Waals surface area contributed by atoms with Crippen molar-refractivity contribution in [3.05, 3.63) is 54.2 Å². The molecule has 2 atom stereocenters. The van der Waals surface area contributed by atoms with E-state index < -0.39 is 6.23 Å². The third-order valence-electron chi connectivity index (χ3n) is 4.62. The predicted octanol–water partition coefficient (Wildman–Crippen LogP) is 1.88. The van der Waals surface area contributed by atoms with Crippen LogP contribution in [0.15, 0.2) is 48.7 Å². The molecule has 2 aromatic rings. The Morgan fingerprint density at radius 3 is 2.95 bits per heavy atom. The first-order valence-electron chi connectivity index (χ1n) is 7.69. The van der Waals surface area contributed by atoms with Crippen molar-refractivity contribution in [3.63, 3.8) is 0 Å². The van der Waals surface area contributed by atoms with Crippen molar-refractivity contribution in [1.82, 2.24) is 9.88 Å². The Morgan fingerprint density at radius 2 is 2.09 bits per heavy atom. The zero-order valence-electron chi connectivity index (χ0n) is 12.4. The fourth-order valence-corrected chi connectivity index (χ4v) is 3.43. The fraction of sp³-hybridized carbons (Fsp3) is 0.353. The van der Waals surface area contributed by atoms with Gasteiger partial charge in [-0.2, -0.15) is 0 Å². The molecule has 1 spiro atoms. The molecule has 0 saturated carbocycles. The highest BCUT2D eigenvalue weighted by Gasteiger charge is 2.47. The standard InChI is InChI=1S/C17H20N4O/c22-16-17(20-15-14(19-16)7-4-9-18-15)8-10-21(12-17)11-13-5-2-1-3-6-13/h1-7,9,16,19,22H,8,10-12H2,(H,18,20). The van der Waals surface area contributed by atoms with E-state index in [1.807, 2.05) is 18.2 Å². The molecule has 4 rings (SSSR count). The number of fused-ring (bicyclic) bond motifs is 1. The Bertz CT molecular complexity index is 663. The van der Waals surface area contributed by atoms with Crippen molar-refractivity contribution in [3.8, 4) is 0 Å². The van der Waals surface area contributed by atoms with E-state index in [2.05, 4.69) is 44.8 Å². The molecule has 2 unspecified atom stereocenters. The molecular weight excluding hydrogens is 276 g/mol. The van der Waals surface area contributed by atoms with Gasteiger partial charge in [-0.3, -0.25) is 4.90 Å². The van der Waals surface area contributed by atoms with Gasteiger partial charge >= 0.3 is 0 Å². The number of hydrogen-bond acceptors (Lipinski definition) is 5. The Kier molecular flexibility index (Phi) is 3.24. The highest BCUT2D eigenvalue weighted by Crippen LogP contribution is 2.36. The third kappa shape index (κ3) is 2.32. The summed E-state index contributed by atoms with van der Waals surface area (Å²) < 4.78 is 0. The number of nitrogens with zero attached hydrogens (tertiary/aromatic N) is 2. The van der Waals surface area contributed by atoms with Gasteiger partial charge < -0.3 is 15.7 Å². The molecule has 0 radical (unpaired) electrons. The minimum atomic E-state index is -0.607. The van der Waals surface area contributed by atoms with Gasteiger partial charge in [0, 0.05) is 25.8 Å². The smallest absolute Gasteiger partial charge is 0.150 e. The summed E-state index contributed by atoms with van der Waals surface area (Å²) in [5, 5.41) is 17.2. The van der Waals surface area contributed by atoms with Crippen molar-refractivity contribution < 1.29 is 5.11 Å². The SMILES string of the molecule is OC1Nc2cccnc2NC12CCN(Cc1ccccc1)C2. The van der Waals surface area contributed by atoms with Gasteiger partial charge in [-0.25, -0.2) is 4.98 Å². The molecule has 5 nitrogen and oxygen atoms in total. The summed E-state index contributed by atoms with van der Waals surface area (Å²) in [5.74, 6) is 0.828. The second kappa shape index (κ2) is 5.26. The molecular formula is C17H20N4O. The van der Waals surface area contributed by atoms with Gasteiger partial charge in [-0.1, -0.05) is 30.3 Å². The second-order valence-electron chi connectivity index (χ2n) is 6.17. The number of pyridine rings is 1. The van der Waals surface area contributed by atoms with Gasteiger partial charge in [0.15, 0.2) is 0 Å². The van der Waals surface area contributed by atoms with E-state index in [1.54, 1.807) is 6.20 Å². The van der Waals surface area contributed by atoms with E-state index >= 15 is 0 Å². The molecule has 2 aliphatic heterocycles. The maximum absolute atomic E-state index is 10.6. The summed E-state index contributed by atoms with van der Waals surface area (Å²) in [7, 11) is 0. The van der Waals surface area contributed by atoms with Crippen LogP contribution in [0.25, 0.3) is 0 Å². The molecule has 3 N–H and O–H groups in total. The first-order valence-corrected chi connectivity index (χ1v) is 7.69. The number of aliphatic hydroxyl groups is 1. The molecule has 1 saturated heterocycles. The van der Waals surface area contributed by atoms with Crippen LogP contribution in [0, 0.1) is 0 Å². The van der Waals surface area contributed by atoms with Gasteiger partial charge in [0.2, 0.25) is 0 Å². The Hall–Kier alpha value is -2.11. The van der Waals surface area contributed by atoms with Crippen molar-refractivity contribution in [1.29, 1.82) is 0 Å². The first kappa shape index (κ1) is 13.5. The average molecular weight is 296 g/mol. The molecule has 1 aromatic carbocycles. The number of hydrogen-bond donors (Lipinski definition) is 3. The highest BCUT2D eigenvalue weighted by atomic mass is 16.3. The molecule has 2 aliphatic rings.